The van der Waals surface area contributed by atoms with Crippen LogP contribution in [0.25, 0.3) is 11.0 Å². The summed E-state index contributed by atoms with van der Waals surface area (Å²) in [7, 11) is 0. The fourth-order valence-electron chi connectivity index (χ4n) is 3.67. The van der Waals surface area contributed by atoms with Crippen molar-refractivity contribution >= 4 is 11.0 Å². The Balaban J connectivity index is 1.46. The number of imidazole rings is 2. The zero-order valence-corrected chi connectivity index (χ0v) is 13.6. The molecular weight excluding hydrogens is 286 g/mol. The maximum absolute atomic E-state index is 4.78. The number of aryl methyl sites for hydroxylation is 2. The molecule has 23 heavy (non-hydrogen) atoms. The van der Waals surface area contributed by atoms with Gasteiger partial charge in [0.1, 0.15) is 11.6 Å². The van der Waals surface area contributed by atoms with E-state index in [0.29, 0.717) is 5.92 Å². The molecule has 0 unspecified atom stereocenters. The SMILES string of the molecule is CCn1c(CNC[C@H]2CCCn3ccnc32)nc2ccccc21. The highest BCUT2D eigenvalue weighted by Crippen LogP contribution is 2.25. The first-order valence-corrected chi connectivity index (χ1v) is 8.52. The molecule has 1 aliphatic rings. The van der Waals surface area contributed by atoms with Gasteiger partial charge in [-0.2, -0.15) is 0 Å². The lowest BCUT2D eigenvalue weighted by atomic mass is 9.99. The fraction of sp³-hybridized carbons (Fsp3) is 0.444. The highest BCUT2D eigenvalue weighted by molar-refractivity contribution is 5.75. The Morgan fingerprint density at radius 2 is 2.22 bits per heavy atom. The van der Waals surface area contributed by atoms with E-state index in [4.69, 9.17) is 4.98 Å². The van der Waals surface area contributed by atoms with E-state index in [2.05, 4.69) is 50.8 Å². The molecule has 0 saturated carbocycles. The van der Waals surface area contributed by atoms with Gasteiger partial charge in [0, 0.05) is 37.9 Å². The van der Waals surface area contributed by atoms with Crippen molar-refractivity contribution in [2.24, 2.45) is 0 Å². The van der Waals surface area contributed by atoms with Crippen LogP contribution in [0.1, 0.15) is 37.3 Å². The zero-order chi connectivity index (χ0) is 15.6. The number of hydrogen-bond donors (Lipinski definition) is 1. The van der Waals surface area contributed by atoms with E-state index in [1.165, 1.54) is 24.2 Å². The highest BCUT2D eigenvalue weighted by Gasteiger charge is 2.21. The lowest BCUT2D eigenvalue weighted by Crippen LogP contribution is -2.27. The predicted octanol–water partition coefficient (Wildman–Crippen LogP) is 2.92. The first-order chi connectivity index (χ1) is 11.4. The van der Waals surface area contributed by atoms with E-state index in [-0.39, 0.29) is 0 Å². The van der Waals surface area contributed by atoms with Crippen LogP contribution in [0, 0.1) is 0 Å². The van der Waals surface area contributed by atoms with Gasteiger partial charge in [-0.1, -0.05) is 12.1 Å². The number of fused-ring (bicyclic) bond motifs is 2. The van der Waals surface area contributed by atoms with Gasteiger partial charge in [0.2, 0.25) is 0 Å². The number of benzene rings is 1. The third-order valence-electron chi connectivity index (χ3n) is 4.79. The number of aromatic nitrogens is 4. The van der Waals surface area contributed by atoms with Gasteiger partial charge in [0.15, 0.2) is 0 Å². The summed E-state index contributed by atoms with van der Waals surface area (Å²) in [4.78, 5) is 9.31. The lowest BCUT2D eigenvalue weighted by molar-refractivity contribution is 0.420. The third kappa shape index (κ3) is 2.65. The average Bonchev–Trinajstić information content (AvgIpc) is 3.19. The number of nitrogens with zero attached hydrogens (tertiary/aromatic N) is 4. The summed E-state index contributed by atoms with van der Waals surface area (Å²) in [6.45, 7) is 6.00. The minimum Gasteiger partial charge on any atom is -0.335 e. The Bertz CT molecular complexity index is 801. The maximum atomic E-state index is 4.78. The summed E-state index contributed by atoms with van der Waals surface area (Å²) in [6, 6.07) is 8.36. The van der Waals surface area contributed by atoms with Crippen molar-refractivity contribution < 1.29 is 0 Å². The molecule has 3 aromatic rings. The van der Waals surface area contributed by atoms with Crippen molar-refractivity contribution in [3.05, 3.63) is 48.3 Å². The molecule has 4 rings (SSSR count). The zero-order valence-electron chi connectivity index (χ0n) is 13.6. The summed E-state index contributed by atoms with van der Waals surface area (Å²) in [5.41, 5.74) is 2.30. The molecule has 1 aliphatic heterocycles. The molecule has 1 N–H and O–H groups in total. The molecule has 0 aliphatic carbocycles. The van der Waals surface area contributed by atoms with Crippen LogP contribution in [0.4, 0.5) is 0 Å². The second kappa shape index (κ2) is 6.16. The fourth-order valence-corrected chi connectivity index (χ4v) is 3.67. The lowest BCUT2D eigenvalue weighted by Gasteiger charge is -2.23. The number of nitrogens with one attached hydrogen (secondary N) is 1. The monoisotopic (exact) mass is 309 g/mol. The molecule has 120 valence electrons. The molecule has 5 heteroatoms. The van der Waals surface area contributed by atoms with Gasteiger partial charge in [-0.15, -0.1) is 0 Å². The van der Waals surface area contributed by atoms with Gasteiger partial charge in [-0.05, 0) is 31.9 Å². The van der Waals surface area contributed by atoms with Crippen LogP contribution in [-0.4, -0.2) is 25.6 Å². The van der Waals surface area contributed by atoms with E-state index in [1.54, 1.807) is 0 Å². The molecule has 0 bridgehead atoms. The van der Waals surface area contributed by atoms with E-state index >= 15 is 0 Å². The molecule has 0 amide bonds. The number of rotatable bonds is 5. The molecule has 1 atom stereocenters. The molecular formula is C18H23N5. The minimum absolute atomic E-state index is 0.512. The highest BCUT2D eigenvalue weighted by atomic mass is 15.1. The summed E-state index contributed by atoms with van der Waals surface area (Å²) in [5.74, 6) is 2.86. The minimum atomic E-state index is 0.512. The quantitative estimate of drug-likeness (QED) is 0.788. The van der Waals surface area contributed by atoms with Gasteiger partial charge in [0.05, 0.1) is 17.6 Å². The maximum Gasteiger partial charge on any atom is 0.123 e. The molecule has 1 aromatic carbocycles. The Morgan fingerprint density at radius 3 is 3.13 bits per heavy atom. The van der Waals surface area contributed by atoms with Crippen LogP contribution in [0.15, 0.2) is 36.7 Å². The average molecular weight is 309 g/mol. The summed E-state index contributed by atoms with van der Waals surface area (Å²) in [5, 5.41) is 3.60. The second-order valence-electron chi connectivity index (χ2n) is 6.21. The molecule has 3 heterocycles. The van der Waals surface area contributed by atoms with Gasteiger partial charge < -0.3 is 14.5 Å². The van der Waals surface area contributed by atoms with E-state index in [0.717, 1.165) is 37.5 Å². The smallest absolute Gasteiger partial charge is 0.123 e. The molecule has 0 saturated heterocycles. The van der Waals surface area contributed by atoms with Gasteiger partial charge >= 0.3 is 0 Å². The largest absolute Gasteiger partial charge is 0.335 e. The molecule has 2 aromatic heterocycles. The summed E-state index contributed by atoms with van der Waals surface area (Å²) in [6.07, 6.45) is 6.47. The van der Waals surface area contributed by atoms with E-state index in [9.17, 15) is 0 Å². The predicted molar refractivity (Wildman–Crippen MR) is 91.3 cm³/mol. The van der Waals surface area contributed by atoms with Crippen LogP contribution in [0.2, 0.25) is 0 Å². The van der Waals surface area contributed by atoms with Crippen LogP contribution in [0.3, 0.4) is 0 Å². The Hall–Kier alpha value is -2.14. The van der Waals surface area contributed by atoms with Crippen LogP contribution in [-0.2, 0) is 19.6 Å². The first-order valence-electron chi connectivity index (χ1n) is 8.52. The summed E-state index contributed by atoms with van der Waals surface area (Å²) >= 11 is 0. The van der Waals surface area contributed by atoms with Crippen molar-refractivity contribution in [3.8, 4) is 0 Å². The second-order valence-corrected chi connectivity index (χ2v) is 6.21. The summed E-state index contributed by atoms with van der Waals surface area (Å²) < 4.78 is 4.58. The van der Waals surface area contributed by atoms with Crippen molar-refractivity contribution in [1.29, 1.82) is 0 Å². The third-order valence-corrected chi connectivity index (χ3v) is 4.79. The molecule has 0 spiro atoms. The Kier molecular flexibility index (Phi) is 3.87. The van der Waals surface area contributed by atoms with Crippen molar-refractivity contribution in [2.75, 3.05) is 6.54 Å². The van der Waals surface area contributed by atoms with E-state index < -0.39 is 0 Å². The Morgan fingerprint density at radius 1 is 1.30 bits per heavy atom. The van der Waals surface area contributed by atoms with Crippen molar-refractivity contribution in [1.82, 2.24) is 24.4 Å². The van der Waals surface area contributed by atoms with Gasteiger partial charge in [-0.3, -0.25) is 0 Å². The van der Waals surface area contributed by atoms with Crippen LogP contribution in [0.5, 0.6) is 0 Å². The molecule has 0 fully saturated rings. The van der Waals surface area contributed by atoms with Crippen LogP contribution < -0.4 is 5.32 Å². The van der Waals surface area contributed by atoms with Gasteiger partial charge in [-0.25, -0.2) is 9.97 Å². The number of para-hydroxylation sites is 2. The van der Waals surface area contributed by atoms with Crippen molar-refractivity contribution in [2.45, 2.75) is 45.3 Å². The topological polar surface area (TPSA) is 47.7 Å². The normalized spacial score (nSPS) is 17.5. The number of hydrogen-bond acceptors (Lipinski definition) is 3. The van der Waals surface area contributed by atoms with E-state index in [1.807, 2.05) is 12.3 Å². The standard InChI is InChI=1S/C18H23N5/c1-2-23-16-8-4-3-7-15(16)21-17(23)13-19-12-14-6-5-10-22-11-9-20-18(14)22/h3-4,7-9,11,14,19H,2,5-6,10,12-13H2,1H3/t14-/m1/s1. The van der Waals surface area contributed by atoms with Crippen LogP contribution >= 0.6 is 0 Å². The first kappa shape index (κ1) is 14.5. The van der Waals surface area contributed by atoms with Gasteiger partial charge in [0.25, 0.3) is 0 Å². The molecule has 5 nitrogen and oxygen atoms in total. The Labute approximate surface area is 136 Å². The van der Waals surface area contributed by atoms with Crippen molar-refractivity contribution in [3.63, 3.8) is 0 Å². The molecule has 0 radical (unpaired) electrons.